The fourth-order valence-corrected chi connectivity index (χ4v) is 2.76. The molecule has 27 heavy (non-hydrogen) atoms. The summed E-state index contributed by atoms with van der Waals surface area (Å²) in [4.78, 5) is 37.6. The Balaban J connectivity index is 1.99. The van der Waals surface area contributed by atoms with E-state index in [1.807, 2.05) is 24.3 Å². The molecular formula is C20H23N3O4. The van der Waals surface area contributed by atoms with E-state index < -0.39 is 11.5 Å². The van der Waals surface area contributed by atoms with Crippen LogP contribution in [-0.2, 0) is 6.54 Å². The Hall–Kier alpha value is -3.09. The third kappa shape index (κ3) is 4.55. The van der Waals surface area contributed by atoms with Gasteiger partial charge in [0.1, 0.15) is 11.3 Å². The molecule has 0 aliphatic heterocycles. The largest absolute Gasteiger partial charge is 0.497 e. The fourth-order valence-electron chi connectivity index (χ4n) is 2.76. The lowest BCUT2D eigenvalue weighted by atomic mass is 10.1. The van der Waals surface area contributed by atoms with E-state index in [1.54, 1.807) is 14.0 Å². The van der Waals surface area contributed by atoms with Crippen molar-refractivity contribution < 1.29 is 14.3 Å². The summed E-state index contributed by atoms with van der Waals surface area (Å²) in [6.07, 6.45) is 3.42. The van der Waals surface area contributed by atoms with Gasteiger partial charge < -0.3 is 19.9 Å². The lowest BCUT2D eigenvalue weighted by Gasteiger charge is -2.12. The summed E-state index contributed by atoms with van der Waals surface area (Å²) in [7, 11) is 1.57. The molecule has 0 radical (unpaired) electrons. The van der Waals surface area contributed by atoms with Crippen molar-refractivity contribution in [3.05, 3.63) is 63.6 Å². The van der Waals surface area contributed by atoms with E-state index in [4.69, 9.17) is 4.74 Å². The summed E-state index contributed by atoms with van der Waals surface area (Å²) < 4.78 is 6.60. The quantitative estimate of drug-likeness (QED) is 0.775. The van der Waals surface area contributed by atoms with Crippen LogP contribution in [-0.4, -0.2) is 36.1 Å². The molecule has 2 aromatic rings. The maximum atomic E-state index is 12.8. The van der Waals surface area contributed by atoms with Crippen molar-refractivity contribution in [3.63, 3.8) is 0 Å². The first-order valence-corrected chi connectivity index (χ1v) is 8.98. The maximum absolute atomic E-state index is 12.8. The highest BCUT2D eigenvalue weighted by molar-refractivity contribution is 5.99. The van der Waals surface area contributed by atoms with E-state index in [0.717, 1.165) is 18.4 Å². The van der Waals surface area contributed by atoms with Crippen molar-refractivity contribution in [2.45, 2.75) is 32.4 Å². The second-order valence-electron chi connectivity index (χ2n) is 6.53. The van der Waals surface area contributed by atoms with Crippen LogP contribution in [0.15, 0.2) is 41.3 Å². The van der Waals surface area contributed by atoms with Crippen molar-refractivity contribution in [2.24, 2.45) is 0 Å². The van der Waals surface area contributed by atoms with Crippen LogP contribution < -0.4 is 20.9 Å². The Morgan fingerprint density at radius 3 is 2.67 bits per heavy atom. The number of pyridine rings is 1. The zero-order valence-corrected chi connectivity index (χ0v) is 15.5. The van der Waals surface area contributed by atoms with Gasteiger partial charge in [-0.15, -0.1) is 0 Å². The first kappa shape index (κ1) is 18.7. The first-order chi connectivity index (χ1) is 13.0. The van der Waals surface area contributed by atoms with Gasteiger partial charge >= 0.3 is 0 Å². The van der Waals surface area contributed by atoms with Crippen LogP contribution in [0.5, 0.6) is 5.75 Å². The summed E-state index contributed by atoms with van der Waals surface area (Å²) in [6.45, 7) is 2.40. The third-order valence-corrected chi connectivity index (χ3v) is 4.33. The number of hydrogen-bond acceptors (Lipinski definition) is 4. The summed E-state index contributed by atoms with van der Waals surface area (Å²) in [5.41, 5.74) is 0.652. The Morgan fingerprint density at radius 1 is 1.22 bits per heavy atom. The molecule has 142 valence electrons. The van der Waals surface area contributed by atoms with Crippen molar-refractivity contribution in [2.75, 3.05) is 13.7 Å². The third-order valence-electron chi connectivity index (χ3n) is 4.33. The van der Waals surface area contributed by atoms with Gasteiger partial charge in [0.2, 0.25) is 0 Å². The van der Waals surface area contributed by atoms with E-state index in [2.05, 4.69) is 10.6 Å². The number of methoxy groups -OCH3 is 1. The topological polar surface area (TPSA) is 89.4 Å². The molecule has 1 aliphatic carbocycles. The number of benzene rings is 1. The number of hydrogen-bond donors (Lipinski definition) is 2. The summed E-state index contributed by atoms with van der Waals surface area (Å²) in [5.74, 6) is -0.0856. The molecule has 2 amide bonds. The van der Waals surface area contributed by atoms with Gasteiger partial charge in [-0.3, -0.25) is 14.4 Å². The molecule has 7 nitrogen and oxygen atoms in total. The van der Waals surface area contributed by atoms with Gasteiger partial charge in [0, 0.05) is 18.8 Å². The van der Waals surface area contributed by atoms with Crippen LogP contribution in [0.3, 0.4) is 0 Å². The molecule has 7 heteroatoms. The molecule has 1 aliphatic rings. The van der Waals surface area contributed by atoms with Gasteiger partial charge in [-0.2, -0.15) is 0 Å². The molecule has 1 saturated carbocycles. The van der Waals surface area contributed by atoms with Crippen molar-refractivity contribution in [3.8, 4) is 5.75 Å². The van der Waals surface area contributed by atoms with Crippen LogP contribution in [0.4, 0.5) is 0 Å². The van der Waals surface area contributed by atoms with Crippen molar-refractivity contribution >= 4 is 11.8 Å². The van der Waals surface area contributed by atoms with Crippen molar-refractivity contribution in [1.82, 2.24) is 15.2 Å². The van der Waals surface area contributed by atoms with Crippen LogP contribution in [0, 0.1) is 0 Å². The number of rotatable bonds is 7. The molecular weight excluding hydrogens is 346 g/mol. The zero-order valence-electron chi connectivity index (χ0n) is 15.5. The van der Waals surface area contributed by atoms with Gasteiger partial charge in [-0.1, -0.05) is 12.1 Å². The molecule has 0 saturated heterocycles. The zero-order chi connectivity index (χ0) is 19.4. The first-order valence-electron chi connectivity index (χ1n) is 8.98. The minimum Gasteiger partial charge on any atom is -0.497 e. The summed E-state index contributed by atoms with van der Waals surface area (Å²) in [6, 6.07) is 8.86. The standard InChI is InChI=1S/C20H23N3O4/c1-3-21-19(25)17-10-14(18(24)22-15-7-8-15)12-23(20(17)26)11-13-5-4-6-16(9-13)27-2/h4-6,9-10,12,15H,3,7-8,11H2,1-2H3,(H,21,25)(H,22,24). The van der Waals surface area contributed by atoms with Gasteiger partial charge in [0.25, 0.3) is 17.4 Å². The SMILES string of the molecule is CCNC(=O)c1cc(C(=O)NC2CC2)cn(Cc2cccc(OC)c2)c1=O. The van der Waals surface area contributed by atoms with Crippen LogP contribution >= 0.6 is 0 Å². The summed E-state index contributed by atoms with van der Waals surface area (Å²) in [5, 5.41) is 5.52. The van der Waals surface area contributed by atoms with Crippen molar-refractivity contribution in [1.29, 1.82) is 0 Å². The molecule has 0 spiro atoms. The molecule has 1 heterocycles. The van der Waals surface area contributed by atoms with E-state index in [-0.39, 0.29) is 24.1 Å². The Morgan fingerprint density at radius 2 is 2.00 bits per heavy atom. The second kappa shape index (κ2) is 8.07. The van der Waals surface area contributed by atoms with Crippen LogP contribution in [0.25, 0.3) is 0 Å². The Bertz CT molecular complexity index is 916. The fraction of sp³-hybridized carbons (Fsp3) is 0.350. The van der Waals surface area contributed by atoms with E-state index >= 15 is 0 Å². The molecule has 1 aromatic heterocycles. The second-order valence-corrected chi connectivity index (χ2v) is 6.53. The Labute approximate surface area is 157 Å². The minimum atomic E-state index is -0.483. The van der Waals surface area contributed by atoms with Gasteiger partial charge in [-0.25, -0.2) is 0 Å². The average molecular weight is 369 g/mol. The number of nitrogens with one attached hydrogen (secondary N) is 2. The smallest absolute Gasteiger partial charge is 0.263 e. The number of amides is 2. The van der Waals surface area contributed by atoms with E-state index in [9.17, 15) is 14.4 Å². The molecule has 3 rings (SSSR count). The normalized spacial score (nSPS) is 13.1. The molecule has 0 bridgehead atoms. The molecule has 1 fully saturated rings. The number of carbonyl (C=O) groups excluding carboxylic acids is 2. The Kier molecular flexibility index (Phi) is 5.59. The highest BCUT2D eigenvalue weighted by atomic mass is 16.5. The van der Waals surface area contributed by atoms with Crippen LogP contribution in [0.1, 0.15) is 46.0 Å². The molecule has 0 atom stereocenters. The highest BCUT2D eigenvalue weighted by Gasteiger charge is 2.25. The number of nitrogens with zero attached hydrogens (tertiary/aromatic N) is 1. The van der Waals surface area contributed by atoms with E-state index in [1.165, 1.54) is 16.8 Å². The average Bonchev–Trinajstić information content (AvgIpc) is 3.47. The van der Waals surface area contributed by atoms with Gasteiger partial charge in [-0.05, 0) is 43.5 Å². The van der Waals surface area contributed by atoms with Crippen LogP contribution in [0.2, 0.25) is 0 Å². The van der Waals surface area contributed by atoms with Gasteiger partial charge in [0.15, 0.2) is 0 Å². The monoisotopic (exact) mass is 369 g/mol. The minimum absolute atomic E-state index is 0.0387. The summed E-state index contributed by atoms with van der Waals surface area (Å²) >= 11 is 0. The van der Waals surface area contributed by atoms with E-state index in [0.29, 0.717) is 17.9 Å². The molecule has 1 aromatic carbocycles. The maximum Gasteiger partial charge on any atom is 0.263 e. The lowest BCUT2D eigenvalue weighted by molar-refractivity contribution is 0.0950. The predicted molar refractivity (Wildman–Crippen MR) is 101 cm³/mol. The molecule has 2 N–H and O–H groups in total. The predicted octanol–water partition coefficient (Wildman–Crippen LogP) is 1.55. The lowest BCUT2D eigenvalue weighted by Crippen LogP contribution is -2.35. The van der Waals surface area contributed by atoms with Gasteiger partial charge in [0.05, 0.1) is 19.2 Å². The number of ether oxygens (including phenoxy) is 1. The number of aromatic nitrogens is 1. The molecule has 0 unspecified atom stereocenters. The highest BCUT2D eigenvalue weighted by Crippen LogP contribution is 2.19. The number of carbonyl (C=O) groups is 2.